The Bertz CT molecular complexity index is 436. The predicted octanol–water partition coefficient (Wildman–Crippen LogP) is 3.67. The van der Waals surface area contributed by atoms with Crippen LogP contribution in [0.1, 0.15) is 44.7 Å². The molecule has 18 heavy (non-hydrogen) atoms. The molecule has 0 bridgehead atoms. The number of methoxy groups -OCH3 is 2. The number of hydrogen-bond acceptors (Lipinski definition) is 3. The maximum Gasteiger partial charge on any atom is 0.164 e. The first kappa shape index (κ1) is 15.1. The molecule has 3 nitrogen and oxygen atoms in total. The first-order valence-corrected chi connectivity index (χ1v) is 6.35. The minimum atomic E-state index is -0.532. The van der Waals surface area contributed by atoms with E-state index in [1.165, 1.54) is 0 Å². The molecule has 0 aliphatic carbocycles. The summed E-state index contributed by atoms with van der Waals surface area (Å²) in [5.74, 6) is 1.59. The molecule has 0 saturated carbocycles. The molecule has 0 heterocycles. The van der Waals surface area contributed by atoms with Crippen LogP contribution in [0.25, 0.3) is 0 Å². The van der Waals surface area contributed by atoms with Crippen LogP contribution in [0.4, 0.5) is 0 Å². The van der Waals surface area contributed by atoms with Crippen LogP contribution in [0, 0.1) is 0 Å². The molecule has 1 aromatic carbocycles. The van der Waals surface area contributed by atoms with Gasteiger partial charge in [0.2, 0.25) is 0 Å². The van der Waals surface area contributed by atoms with E-state index >= 15 is 0 Å². The Labute approximate surface area is 114 Å². The lowest BCUT2D eigenvalue weighted by atomic mass is 9.85. The van der Waals surface area contributed by atoms with Gasteiger partial charge in [-0.05, 0) is 25.3 Å². The summed E-state index contributed by atoms with van der Waals surface area (Å²) >= 11 is 6.36. The third-order valence-electron chi connectivity index (χ3n) is 2.88. The van der Waals surface area contributed by atoms with Gasteiger partial charge in [-0.1, -0.05) is 25.4 Å². The topological polar surface area (TPSA) is 44.5 Å². The van der Waals surface area contributed by atoms with Gasteiger partial charge < -0.3 is 15.2 Å². The standard InChI is InChI=1S/C14H22ClNO2/c1-8(2)11-12(14(3,4)16)9(15)7-10(17-5)13(11)18-6/h7-8H,16H2,1-6H3. The largest absolute Gasteiger partial charge is 0.493 e. The summed E-state index contributed by atoms with van der Waals surface area (Å²) in [5, 5.41) is 0.615. The monoisotopic (exact) mass is 271 g/mol. The van der Waals surface area contributed by atoms with E-state index < -0.39 is 5.54 Å². The van der Waals surface area contributed by atoms with E-state index in [9.17, 15) is 0 Å². The maximum absolute atomic E-state index is 6.36. The number of benzene rings is 1. The highest BCUT2D eigenvalue weighted by molar-refractivity contribution is 6.31. The minimum Gasteiger partial charge on any atom is -0.493 e. The Kier molecular flexibility index (Phi) is 4.51. The third-order valence-corrected chi connectivity index (χ3v) is 3.18. The third kappa shape index (κ3) is 2.73. The molecule has 102 valence electrons. The Morgan fingerprint density at radius 3 is 2.11 bits per heavy atom. The lowest BCUT2D eigenvalue weighted by molar-refractivity contribution is 0.348. The summed E-state index contributed by atoms with van der Waals surface area (Å²) in [4.78, 5) is 0. The summed E-state index contributed by atoms with van der Waals surface area (Å²) in [7, 11) is 3.23. The van der Waals surface area contributed by atoms with Gasteiger partial charge in [0.1, 0.15) is 0 Å². The van der Waals surface area contributed by atoms with Crippen molar-refractivity contribution in [1.29, 1.82) is 0 Å². The molecule has 4 heteroatoms. The molecule has 0 radical (unpaired) electrons. The van der Waals surface area contributed by atoms with E-state index in [0.29, 0.717) is 16.5 Å². The van der Waals surface area contributed by atoms with E-state index in [1.807, 2.05) is 13.8 Å². The van der Waals surface area contributed by atoms with Crippen molar-refractivity contribution in [3.05, 3.63) is 22.2 Å². The zero-order valence-electron chi connectivity index (χ0n) is 11.9. The van der Waals surface area contributed by atoms with Crippen molar-refractivity contribution in [3.63, 3.8) is 0 Å². The fourth-order valence-corrected chi connectivity index (χ4v) is 2.64. The van der Waals surface area contributed by atoms with Gasteiger partial charge in [-0.15, -0.1) is 0 Å². The number of halogens is 1. The van der Waals surface area contributed by atoms with E-state index in [-0.39, 0.29) is 5.92 Å². The molecule has 0 unspecified atom stereocenters. The summed E-state index contributed by atoms with van der Waals surface area (Å²) in [6.45, 7) is 8.05. The van der Waals surface area contributed by atoms with E-state index in [4.69, 9.17) is 26.8 Å². The maximum atomic E-state index is 6.36. The van der Waals surface area contributed by atoms with E-state index in [0.717, 1.165) is 11.1 Å². The molecule has 0 aliphatic rings. The number of rotatable bonds is 4. The first-order valence-electron chi connectivity index (χ1n) is 5.97. The predicted molar refractivity (Wildman–Crippen MR) is 75.9 cm³/mol. The van der Waals surface area contributed by atoms with Gasteiger partial charge in [-0.2, -0.15) is 0 Å². The van der Waals surface area contributed by atoms with Gasteiger partial charge in [-0.3, -0.25) is 0 Å². The average Bonchev–Trinajstić information content (AvgIpc) is 2.25. The van der Waals surface area contributed by atoms with Crippen molar-refractivity contribution in [2.75, 3.05) is 14.2 Å². The van der Waals surface area contributed by atoms with Crippen molar-refractivity contribution in [3.8, 4) is 11.5 Å². The Balaban J connectivity index is 3.71. The molecule has 0 atom stereocenters. The van der Waals surface area contributed by atoms with Crippen LogP contribution in [-0.4, -0.2) is 14.2 Å². The van der Waals surface area contributed by atoms with Gasteiger partial charge in [-0.25, -0.2) is 0 Å². The zero-order chi connectivity index (χ0) is 14.1. The van der Waals surface area contributed by atoms with E-state index in [1.54, 1.807) is 20.3 Å². The van der Waals surface area contributed by atoms with Crippen LogP contribution in [0.5, 0.6) is 11.5 Å². The first-order chi connectivity index (χ1) is 8.23. The molecule has 0 spiro atoms. The van der Waals surface area contributed by atoms with Gasteiger partial charge in [0, 0.05) is 22.2 Å². The number of hydrogen-bond donors (Lipinski definition) is 1. The second-order valence-corrected chi connectivity index (χ2v) is 5.67. The summed E-state index contributed by atoms with van der Waals surface area (Å²) in [5.41, 5.74) is 7.62. The van der Waals surface area contributed by atoms with Crippen molar-refractivity contribution in [1.82, 2.24) is 0 Å². The molecular weight excluding hydrogens is 250 g/mol. The second kappa shape index (κ2) is 5.37. The molecular formula is C14H22ClNO2. The zero-order valence-corrected chi connectivity index (χ0v) is 12.7. The SMILES string of the molecule is COc1cc(Cl)c(C(C)(C)N)c(C(C)C)c1OC. The van der Waals surface area contributed by atoms with Crippen molar-refractivity contribution in [2.45, 2.75) is 39.2 Å². The van der Waals surface area contributed by atoms with Crippen LogP contribution in [0.2, 0.25) is 5.02 Å². The van der Waals surface area contributed by atoms with Crippen molar-refractivity contribution < 1.29 is 9.47 Å². The van der Waals surface area contributed by atoms with Gasteiger partial charge in [0.15, 0.2) is 11.5 Å². The second-order valence-electron chi connectivity index (χ2n) is 5.26. The molecule has 2 N–H and O–H groups in total. The van der Waals surface area contributed by atoms with Crippen LogP contribution in [-0.2, 0) is 5.54 Å². The lowest BCUT2D eigenvalue weighted by Crippen LogP contribution is -2.31. The van der Waals surface area contributed by atoms with Crippen molar-refractivity contribution >= 4 is 11.6 Å². The minimum absolute atomic E-state index is 0.241. The Morgan fingerprint density at radius 2 is 1.78 bits per heavy atom. The molecule has 1 rings (SSSR count). The summed E-state index contributed by atoms with van der Waals surface area (Å²) in [6.07, 6.45) is 0. The van der Waals surface area contributed by atoms with Crippen LogP contribution in [0.3, 0.4) is 0 Å². The highest BCUT2D eigenvalue weighted by Crippen LogP contribution is 2.44. The molecule has 0 aliphatic heterocycles. The number of ether oxygens (including phenoxy) is 2. The van der Waals surface area contributed by atoms with Crippen LogP contribution >= 0.6 is 11.6 Å². The molecule has 0 saturated heterocycles. The smallest absolute Gasteiger partial charge is 0.164 e. The fraction of sp³-hybridized carbons (Fsp3) is 0.571. The highest BCUT2D eigenvalue weighted by Gasteiger charge is 2.28. The molecule has 0 amide bonds. The Hall–Kier alpha value is -0.930. The summed E-state index contributed by atoms with van der Waals surface area (Å²) < 4.78 is 10.8. The van der Waals surface area contributed by atoms with Gasteiger partial charge in [0.25, 0.3) is 0 Å². The van der Waals surface area contributed by atoms with Gasteiger partial charge >= 0.3 is 0 Å². The van der Waals surface area contributed by atoms with E-state index in [2.05, 4.69) is 13.8 Å². The summed E-state index contributed by atoms with van der Waals surface area (Å²) in [6, 6.07) is 1.76. The fourth-order valence-electron chi connectivity index (χ4n) is 2.20. The molecule has 1 aromatic rings. The molecule has 0 aromatic heterocycles. The average molecular weight is 272 g/mol. The lowest BCUT2D eigenvalue weighted by Gasteiger charge is -2.28. The van der Waals surface area contributed by atoms with Crippen LogP contribution < -0.4 is 15.2 Å². The quantitative estimate of drug-likeness (QED) is 0.909. The number of nitrogens with two attached hydrogens (primary N) is 1. The Morgan fingerprint density at radius 1 is 1.22 bits per heavy atom. The van der Waals surface area contributed by atoms with Gasteiger partial charge in [0.05, 0.1) is 14.2 Å². The molecule has 0 fully saturated rings. The normalized spacial score (nSPS) is 11.8. The highest BCUT2D eigenvalue weighted by atomic mass is 35.5. The van der Waals surface area contributed by atoms with Crippen molar-refractivity contribution in [2.24, 2.45) is 5.73 Å². The van der Waals surface area contributed by atoms with Crippen LogP contribution in [0.15, 0.2) is 6.07 Å².